The van der Waals surface area contributed by atoms with Crippen LogP contribution in [0.25, 0.3) is 0 Å². The van der Waals surface area contributed by atoms with E-state index >= 15 is 0 Å². The van der Waals surface area contributed by atoms with Crippen LogP contribution >= 0.6 is 0 Å². The molecule has 0 fully saturated rings. The van der Waals surface area contributed by atoms with Gasteiger partial charge >= 0.3 is 5.97 Å². The number of aliphatic hydroxyl groups excluding tert-OH is 1. The third kappa shape index (κ3) is 4.63. The molecule has 166 valence electrons. The molecule has 5 heteroatoms. The molecule has 0 amide bonds. The van der Waals surface area contributed by atoms with Crippen LogP contribution in [-0.4, -0.2) is 23.3 Å². The second-order valence-corrected chi connectivity index (χ2v) is 8.29. The highest BCUT2D eigenvalue weighted by molar-refractivity contribution is 5.89. The minimum absolute atomic E-state index is 0.295. The highest BCUT2D eigenvalue weighted by atomic mass is 16.5. The van der Waals surface area contributed by atoms with Crippen LogP contribution in [0, 0.1) is 0 Å². The number of carbonyl (C=O) groups is 1. The SMILES string of the molecule is CCCC1(Cc2ccc(C(=O)OCC)cc2)Nc2ccc(C(O)c3ccccc3)cc2N1. The molecule has 3 aromatic carbocycles. The molecule has 1 aliphatic rings. The predicted octanol–water partition coefficient (Wildman–Crippen LogP) is 5.52. The maximum atomic E-state index is 11.9. The lowest BCUT2D eigenvalue weighted by atomic mass is 9.95. The van der Waals surface area contributed by atoms with E-state index in [1.807, 2.05) is 72.8 Å². The monoisotopic (exact) mass is 430 g/mol. The van der Waals surface area contributed by atoms with Crippen molar-refractivity contribution in [2.24, 2.45) is 0 Å². The quantitative estimate of drug-likeness (QED) is 0.411. The molecule has 2 atom stereocenters. The number of rotatable bonds is 8. The predicted molar refractivity (Wildman–Crippen MR) is 128 cm³/mol. The van der Waals surface area contributed by atoms with Gasteiger partial charge in [0, 0.05) is 6.42 Å². The molecule has 2 unspecified atom stereocenters. The molecule has 5 nitrogen and oxygen atoms in total. The molecule has 0 saturated heterocycles. The molecule has 0 radical (unpaired) electrons. The summed E-state index contributed by atoms with van der Waals surface area (Å²) in [6.45, 7) is 4.34. The molecule has 0 aromatic heterocycles. The van der Waals surface area contributed by atoms with Crippen molar-refractivity contribution in [2.45, 2.75) is 44.9 Å². The van der Waals surface area contributed by atoms with E-state index in [9.17, 15) is 9.90 Å². The number of fused-ring (bicyclic) bond motifs is 1. The van der Waals surface area contributed by atoms with Crippen molar-refractivity contribution >= 4 is 17.3 Å². The zero-order valence-corrected chi connectivity index (χ0v) is 18.6. The lowest BCUT2D eigenvalue weighted by Crippen LogP contribution is -2.44. The molecule has 4 rings (SSSR count). The number of anilines is 2. The minimum atomic E-state index is -0.667. The van der Waals surface area contributed by atoms with E-state index in [2.05, 4.69) is 17.6 Å². The Kier molecular flexibility index (Phi) is 6.47. The van der Waals surface area contributed by atoms with Crippen LogP contribution in [0.5, 0.6) is 0 Å². The fourth-order valence-electron chi connectivity index (χ4n) is 4.37. The zero-order chi connectivity index (χ0) is 22.6. The van der Waals surface area contributed by atoms with Crippen LogP contribution in [0.2, 0.25) is 0 Å². The number of ether oxygens (including phenoxy) is 1. The van der Waals surface area contributed by atoms with Crippen molar-refractivity contribution in [1.82, 2.24) is 0 Å². The molecular weight excluding hydrogens is 400 g/mol. The number of aliphatic hydroxyl groups is 1. The topological polar surface area (TPSA) is 70.6 Å². The summed E-state index contributed by atoms with van der Waals surface area (Å²) in [5.41, 5.74) is 5.13. The first-order chi connectivity index (χ1) is 15.5. The number of hydrogen-bond acceptors (Lipinski definition) is 5. The zero-order valence-electron chi connectivity index (χ0n) is 18.6. The van der Waals surface area contributed by atoms with Gasteiger partial charge in [-0.05, 0) is 54.3 Å². The van der Waals surface area contributed by atoms with Gasteiger partial charge in [0.15, 0.2) is 0 Å². The Morgan fingerprint density at radius 3 is 2.34 bits per heavy atom. The van der Waals surface area contributed by atoms with Crippen LogP contribution in [0.3, 0.4) is 0 Å². The average Bonchev–Trinajstić information content (AvgIpc) is 3.17. The highest BCUT2D eigenvalue weighted by Gasteiger charge is 2.36. The van der Waals surface area contributed by atoms with E-state index in [1.165, 1.54) is 0 Å². The van der Waals surface area contributed by atoms with E-state index in [-0.39, 0.29) is 11.6 Å². The van der Waals surface area contributed by atoms with E-state index in [0.29, 0.717) is 12.2 Å². The fraction of sp³-hybridized carbons (Fsp3) is 0.296. The van der Waals surface area contributed by atoms with E-state index in [1.54, 1.807) is 6.92 Å². The van der Waals surface area contributed by atoms with Gasteiger partial charge in [-0.2, -0.15) is 0 Å². The Labute approximate surface area is 189 Å². The molecule has 1 heterocycles. The molecule has 3 N–H and O–H groups in total. The van der Waals surface area contributed by atoms with Crippen LogP contribution in [0.1, 0.15) is 59.8 Å². The largest absolute Gasteiger partial charge is 0.462 e. The smallest absolute Gasteiger partial charge is 0.338 e. The minimum Gasteiger partial charge on any atom is -0.462 e. The van der Waals surface area contributed by atoms with Crippen LogP contribution in [-0.2, 0) is 11.2 Å². The Hall–Kier alpha value is -3.31. The van der Waals surface area contributed by atoms with Crippen LogP contribution in [0.15, 0.2) is 72.8 Å². The molecule has 1 aliphatic heterocycles. The van der Waals surface area contributed by atoms with Gasteiger partial charge in [-0.15, -0.1) is 0 Å². The number of carbonyl (C=O) groups excluding carboxylic acids is 1. The van der Waals surface area contributed by atoms with Gasteiger partial charge in [-0.1, -0.05) is 61.9 Å². The molecule has 0 saturated carbocycles. The normalized spacial score (nSPS) is 17.7. The number of esters is 1. The van der Waals surface area contributed by atoms with Gasteiger partial charge in [0.05, 0.1) is 23.5 Å². The third-order valence-corrected chi connectivity index (χ3v) is 5.87. The Bertz CT molecular complexity index is 1070. The first-order valence-corrected chi connectivity index (χ1v) is 11.2. The van der Waals surface area contributed by atoms with E-state index in [0.717, 1.165) is 47.3 Å². The van der Waals surface area contributed by atoms with Crippen molar-refractivity contribution in [3.63, 3.8) is 0 Å². The maximum absolute atomic E-state index is 11.9. The molecule has 32 heavy (non-hydrogen) atoms. The lowest BCUT2D eigenvalue weighted by molar-refractivity contribution is 0.0526. The summed E-state index contributed by atoms with van der Waals surface area (Å²) in [6, 6.07) is 23.3. The maximum Gasteiger partial charge on any atom is 0.338 e. The number of nitrogens with one attached hydrogen (secondary N) is 2. The van der Waals surface area contributed by atoms with Crippen molar-refractivity contribution in [3.8, 4) is 0 Å². The Balaban J connectivity index is 1.53. The molecule has 0 spiro atoms. The highest BCUT2D eigenvalue weighted by Crippen LogP contribution is 2.40. The van der Waals surface area contributed by atoms with Gasteiger partial charge in [-0.3, -0.25) is 0 Å². The second-order valence-electron chi connectivity index (χ2n) is 8.29. The first kappa shape index (κ1) is 21.9. The Morgan fingerprint density at radius 2 is 1.66 bits per heavy atom. The lowest BCUT2D eigenvalue weighted by Gasteiger charge is -2.31. The summed E-state index contributed by atoms with van der Waals surface area (Å²) < 4.78 is 5.08. The molecule has 0 aliphatic carbocycles. The van der Waals surface area contributed by atoms with Crippen molar-refractivity contribution in [1.29, 1.82) is 0 Å². The van der Waals surface area contributed by atoms with Crippen LogP contribution < -0.4 is 10.6 Å². The summed E-state index contributed by atoms with van der Waals surface area (Å²) in [7, 11) is 0. The molecule has 0 bridgehead atoms. The standard InChI is InChI=1S/C27H30N2O3/c1-3-16-27(18-19-10-12-21(13-11-19)26(31)32-4-2)28-23-15-14-22(17-24(23)29-27)25(30)20-8-6-5-7-9-20/h5-15,17,25,28-30H,3-4,16,18H2,1-2H3. The van der Waals surface area contributed by atoms with E-state index in [4.69, 9.17) is 4.74 Å². The average molecular weight is 431 g/mol. The molecule has 3 aromatic rings. The van der Waals surface area contributed by atoms with Gasteiger partial charge in [0.1, 0.15) is 11.8 Å². The van der Waals surface area contributed by atoms with Crippen molar-refractivity contribution in [2.75, 3.05) is 17.2 Å². The summed E-state index contributed by atoms with van der Waals surface area (Å²) in [6.07, 6.45) is 2.03. The van der Waals surface area contributed by atoms with Gasteiger partial charge < -0.3 is 20.5 Å². The molecular formula is C27H30N2O3. The second kappa shape index (κ2) is 9.45. The Morgan fingerprint density at radius 1 is 0.938 bits per heavy atom. The summed E-state index contributed by atoms with van der Waals surface area (Å²) in [5, 5.41) is 18.2. The summed E-state index contributed by atoms with van der Waals surface area (Å²) in [4.78, 5) is 11.9. The van der Waals surface area contributed by atoms with Gasteiger partial charge in [0.25, 0.3) is 0 Å². The number of benzene rings is 3. The van der Waals surface area contributed by atoms with Gasteiger partial charge in [0.2, 0.25) is 0 Å². The van der Waals surface area contributed by atoms with Crippen molar-refractivity contribution < 1.29 is 14.6 Å². The van der Waals surface area contributed by atoms with Crippen molar-refractivity contribution in [3.05, 3.63) is 95.1 Å². The summed E-state index contributed by atoms with van der Waals surface area (Å²) >= 11 is 0. The third-order valence-electron chi connectivity index (χ3n) is 5.87. The summed E-state index contributed by atoms with van der Waals surface area (Å²) in [5.74, 6) is -0.295. The van der Waals surface area contributed by atoms with Crippen LogP contribution in [0.4, 0.5) is 11.4 Å². The first-order valence-electron chi connectivity index (χ1n) is 11.2. The van der Waals surface area contributed by atoms with E-state index < -0.39 is 6.10 Å². The fourth-order valence-corrected chi connectivity index (χ4v) is 4.37. The van der Waals surface area contributed by atoms with Gasteiger partial charge in [-0.25, -0.2) is 4.79 Å². The number of hydrogen-bond donors (Lipinski definition) is 3.